The molecule has 1 aliphatic heterocycles. The molecule has 0 radical (unpaired) electrons. The van der Waals surface area contributed by atoms with E-state index in [0.29, 0.717) is 31.5 Å². The lowest BCUT2D eigenvalue weighted by atomic mass is 10.0. The van der Waals surface area contributed by atoms with Crippen LogP contribution in [0.1, 0.15) is 43.1 Å². The van der Waals surface area contributed by atoms with Gasteiger partial charge in [-0.25, -0.2) is 4.79 Å². The Morgan fingerprint density at radius 1 is 1.16 bits per heavy atom. The van der Waals surface area contributed by atoms with Gasteiger partial charge < -0.3 is 25.1 Å². The molecule has 0 fully saturated rings. The number of aromatic amines is 1. The van der Waals surface area contributed by atoms with Crippen LogP contribution in [0.5, 0.6) is 5.75 Å². The minimum atomic E-state index is -0.577. The summed E-state index contributed by atoms with van der Waals surface area (Å²) in [6, 6.07) is 13.3. The maximum Gasteiger partial charge on any atom is 0.339 e. The van der Waals surface area contributed by atoms with E-state index >= 15 is 0 Å². The molecule has 0 bridgehead atoms. The molecule has 1 aromatic heterocycles. The number of fused-ring (bicyclic) bond motifs is 2. The largest absolute Gasteiger partial charge is 0.485 e. The zero-order chi connectivity index (χ0) is 22.7. The molecule has 0 spiro atoms. The summed E-state index contributed by atoms with van der Waals surface area (Å²) in [5.74, 6) is 0.374. The Bertz CT molecular complexity index is 1130. The number of carbonyl (C=O) groups is 2. The number of anilines is 1. The van der Waals surface area contributed by atoms with Crippen LogP contribution < -0.4 is 15.4 Å². The first kappa shape index (κ1) is 21.7. The van der Waals surface area contributed by atoms with Crippen molar-refractivity contribution < 1.29 is 19.1 Å². The highest BCUT2D eigenvalue weighted by Crippen LogP contribution is 2.28. The predicted octanol–water partition coefficient (Wildman–Crippen LogP) is 4.05. The van der Waals surface area contributed by atoms with Crippen LogP contribution in [-0.4, -0.2) is 41.7 Å². The third-order valence-corrected chi connectivity index (χ3v) is 5.26. The molecule has 0 saturated heterocycles. The maximum absolute atomic E-state index is 12.7. The number of esters is 1. The summed E-state index contributed by atoms with van der Waals surface area (Å²) < 4.78 is 11.5. The lowest BCUT2D eigenvalue weighted by Gasteiger charge is -2.27. The van der Waals surface area contributed by atoms with Gasteiger partial charge in [-0.05, 0) is 57.0 Å². The number of hydrogen-bond acceptors (Lipinski definition) is 5. The number of benzene rings is 2. The highest BCUT2D eigenvalue weighted by Gasteiger charge is 2.22. The summed E-state index contributed by atoms with van der Waals surface area (Å²) >= 11 is 0. The van der Waals surface area contributed by atoms with Gasteiger partial charge in [0.25, 0.3) is 0 Å². The van der Waals surface area contributed by atoms with E-state index in [1.807, 2.05) is 63.4 Å². The Kier molecular flexibility index (Phi) is 6.08. The average Bonchev–Trinajstić information content (AvgIpc) is 3.18. The number of aromatic nitrogens is 1. The second-order valence-corrected chi connectivity index (χ2v) is 8.96. The molecule has 0 aliphatic carbocycles. The Balaban J connectivity index is 1.36. The van der Waals surface area contributed by atoms with E-state index in [4.69, 9.17) is 9.47 Å². The van der Waals surface area contributed by atoms with Gasteiger partial charge >= 0.3 is 5.97 Å². The Labute approximate surface area is 187 Å². The maximum atomic E-state index is 12.7. The van der Waals surface area contributed by atoms with Gasteiger partial charge in [0.05, 0.1) is 24.3 Å². The summed E-state index contributed by atoms with van der Waals surface area (Å²) in [6.07, 6.45) is 2.56. The number of para-hydroxylation sites is 2. The molecule has 3 aromatic rings. The van der Waals surface area contributed by atoms with Gasteiger partial charge in [-0.2, -0.15) is 0 Å². The van der Waals surface area contributed by atoms with Gasteiger partial charge in [0.2, 0.25) is 5.91 Å². The lowest BCUT2D eigenvalue weighted by molar-refractivity contribution is -0.121. The van der Waals surface area contributed by atoms with Crippen molar-refractivity contribution in [3.63, 3.8) is 0 Å². The normalized spacial score (nSPS) is 15.4. The van der Waals surface area contributed by atoms with Crippen LogP contribution in [0, 0.1) is 0 Å². The highest BCUT2D eigenvalue weighted by atomic mass is 16.6. The zero-order valence-corrected chi connectivity index (χ0v) is 18.7. The van der Waals surface area contributed by atoms with Crippen molar-refractivity contribution in [1.29, 1.82) is 0 Å². The fourth-order valence-electron chi connectivity index (χ4n) is 3.79. The van der Waals surface area contributed by atoms with Crippen LogP contribution in [0.2, 0.25) is 0 Å². The van der Waals surface area contributed by atoms with Gasteiger partial charge in [0.15, 0.2) is 0 Å². The smallest absolute Gasteiger partial charge is 0.339 e. The Morgan fingerprint density at radius 2 is 1.97 bits per heavy atom. The van der Waals surface area contributed by atoms with E-state index < -0.39 is 5.60 Å². The Morgan fingerprint density at radius 3 is 2.78 bits per heavy atom. The second kappa shape index (κ2) is 8.94. The molecule has 7 heteroatoms. The van der Waals surface area contributed by atoms with Crippen molar-refractivity contribution >= 4 is 28.5 Å². The molecule has 4 rings (SSSR count). The first-order valence-electron chi connectivity index (χ1n) is 10.9. The number of amides is 1. The summed E-state index contributed by atoms with van der Waals surface area (Å²) in [4.78, 5) is 28.4. The van der Waals surface area contributed by atoms with Gasteiger partial charge in [-0.3, -0.25) is 4.79 Å². The van der Waals surface area contributed by atoms with E-state index in [1.165, 1.54) is 0 Å². The predicted molar refractivity (Wildman–Crippen MR) is 124 cm³/mol. The molecular weight excluding hydrogens is 406 g/mol. The number of H-pyrrole nitrogens is 1. The lowest BCUT2D eigenvalue weighted by Crippen LogP contribution is -2.41. The number of rotatable bonds is 6. The van der Waals surface area contributed by atoms with Crippen LogP contribution in [0.25, 0.3) is 10.9 Å². The standard InChI is InChI=1S/C25H29N3O4/c1-25(2,3)32-24(30)18-7-6-9-20-23(18)16(13-26-20)11-12-22(29)28-15-17-14-27-19-8-4-5-10-21(19)31-17/h4-10,13,17,26-27H,11-12,14-15H2,1-3H3,(H,28,29). The van der Waals surface area contributed by atoms with E-state index in [2.05, 4.69) is 15.6 Å². The average molecular weight is 436 g/mol. The van der Waals surface area contributed by atoms with Crippen molar-refractivity contribution in [2.75, 3.05) is 18.4 Å². The van der Waals surface area contributed by atoms with E-state index in [1.54, 1.807) is 6.07 Å². The molecular formula is C25H29N3O4. The number of hydrogen-bond donors (Lipinski definition) is 3. The van der Waals surface area contributed by atoms with Crippen molar-refractivity contribution in [2.24, 2.45) is 0 Å². The van der Waals surface area contributed by atoms with Crippen LogP contribution in [0.3, 0.4) is 0 Å². The first-order valence-corrected chi connectivity index (χ1v) is 10.9. The molecule has 1 atom stereocenters. The molecule has 168 valence electrons. The minimum Gasteiger partial charge on any atom is -0.485 e. The minimum absolute atomic E-state index is 0.0587. The van der Waals surface area contributed by atoms with Crippen LogP contribution >= 0.6 is 0 Å². The molecule has 0 saturated carbocycles. The summed E-state index contributed by atoms with van der Waals surface area (Å²) in [7, 11) is 0. The van der Waals surface area contributed by atoms with Gasteiger partial charge in [-0.15, -0.1) is 0 Å². The topological polar surface area (TPSA) is 92.5 Å². The fraction of sp³-hybridized carbons (Fsp3) is 0.360. The van der Waals surface area contributed by atoms with E-state index in [9.17, 15) is 9.59 Å². The monoisotopic (exact) mass is 435 g/mol. The molecule has 7 nitrogen and oxygen atoms in total. The van der Waals surface area contributed by atoms with Crippen LogP contribution in [-0.2, 0) is 16.0 Å². The number of aryl methyl sites for hydroxylation is 1. The molecule has 2 aromatic carbocycles. The van der Waals surface area contributed by atoms with Crippen molar-refractivity contribution in [1.82, 2.24) is 10.3 Å². The summed E-state index contributed by atoms with van der Waals surface area (Å²) in [5.41, 5.74) is 2.67. The van der Waals surface area contributed by atoms with Crippen molar-refractivity contribution in [3.05, 3.63) is 59.8 Å². The van der Waals surface area contributed by atoms with Gasteiger partial charge in [0, 0.05) is 23.5 Å². The number of nitrogens with one attached hydrogen (secondary N) is 3. The molecule has 1 aliphatic rings. The second-order valence-electron chi connectivity index (χ2n) is 8.96. The summed E-state index contributed by atoms with van der Waals surface area (Å²) in [6.45, 7) is 6.60. The Hall–Kier alpha value is -3.48. The zero-order valence-electron chi connectivity index (χ0n) is 18.7. The number of carbonyl (C=O) groups excluding carboxylic acids is 2. The van der Waals surface area contributed by atoms with Crippen LogP contribution in [0.15, 0.2) is 48.7 Å². The third kappa shape index (κ3) is 5.04. The van der Waals surface area contributed by atoms with Crippen molar-refractivity contribution in [2.45, 2.75) is 45.3 Å². The van der Waals surface area contributed by atoms with E-state index in [0.717, 1.165) is 27.9 Å². The van der Waals surface area contributed by atoms with E-state index in [-0.39, 0.29) is 18.0 Å². The summed E-state index contributed by atoms with van der Waals surface area (Å²) in [5, 5.41) is 7.09. The third-order valence-electron chi connectivity index (χ3n) is 5.26. The van der Waals surface area contributed by atoms with Gasteiger partial charge in [-0.1, -0.05) is 18.2 Å². The molecule has 2 heterocycles. The molecule has 32 heavy (non-hydrogen) atoms. The SMILES string of the molecule is CC(C)(C)OC(=O)c1cccc2[nH]cc(CCC(=O)NCC3CNc4ccccc4O3)c12. The molecule has 1 amide bonds. The fourth-order valence-corrected chi connectivity index (χ4v) is 3.79. The quantitative estimate of drug-likeness (QED) is 0.508. The van der Waals surface area contributed by atoms with Crippen LogP contribution in [0.4, 0.5) is 5.69 Å². The number of ether oxygens (including phenoxy) is 2. The molecule has 3 N–H and O–H groups in total. The molecule has 1 unspecified atom stereocenters. The first-order chi connectivity index (χ1) is 15.3. The highest BCUT2D eigenvalue weighted by molar-refractivity contribution is 6.05. The van der Waals surface area contributed by atoms with Gasteiger partial charge in [0.1, 0.15) is 17.5 Å². The van der Waals surface area contributed by atoms with Crippen molar-refractivity contribution in [3.8, 4) is 5.75 Å².